The van der Waals surface area contributed by atoms with Crippen LogP contribution in [-0.4, -0.2) is 82.7 Å². The molecule has 0 radical (unpaired) electrons. The predicted octanol–water partition coefficient (Wildman–Crippen LogP) is 4.71. The van der Waals surface area contributed by atoms with E-state index in [1.165, 1.54) is 11.0 Å². The molecule has 3 aromatic rings. The summed E-state index contributed by atoms with van der Waals surface area (Å²) < 4.78 is 17.3. The summed E-state index contributed by atoms with van der Waals surface area (Å²) in [5.74, 6) is -1.61. The molecule has 12 heteroatoms. The Hall–Kier alpha value is -4.83. The van der Waals surface area contributed by atoms with Crippen molar-refractivity contribution in [1.29, 1.82) is 0 Å². The van der Waals surface area contributed by atoms with Gasteiger partial charge in [0.25, 0.3) is 0 Å². The Kier molecular flexibility index (Phi) is 10.4. The second-order valence-electron chi connectivity index (χ2n) is 13.4. The van der Waals surface area contributed by atoms with E-state index in [0.717, 1.165) is 5.56 Å². The Morgan fingerprint density at radius 3 is 2.55 bits per heavy atom. The number of benzene rings is 2. The van der Waals surface area contributed by atoms with E-state index in [1.807, 2.05) is 69.3 Å². The molecule has 49 heavy (non-hydrogen) atoms. The molecule has 2 aliphatic rings. The second-order valence-corrected chi connectivity index (χ2v) is 13.4. The third-order valence-corrected chi connectivity index (χ3v) is 8.97. The highest BCUT2D eigenvalue weighted by molar-refractivity contribution is 5.97. The van der Waals surface area contributed by atoms with Crippen molar-refractivity contribution in [3.05, 3.63) is 72.1 Å². The van der Waals surface area contributed by atoms with E-state index < -0.39 is 59.1 Å². The summed E-state index contributed by atoms with van der Waals surface area (Å²) in [5.41, 5.74) is 0.0331. The molecule has 2 heterocycles. The summed E-state index contributed by atoms with van der Waals surface area (Å²) in [6, 6.07) is 17.4. The molecule has 1 saturated heterocycles. The van der Waals surface area contributed by atoms with Gasteiger partial charge in [-0.05, 0) is 30.9 Å². The standard InChI is InChI=1S/C37H42N4O8/c1-7-23-19-37(23,34(44)45)21-38-32(42)29-17-25(20-41(29)33(43)31(36(3,4)5)40-35(46)48-8-2)49-30-18-27(22-12-10-9-11-13-22)39-28-16-24(47-6)14-15-26(28)30/h7,9-16,18,23,25,29,31,35,40,46H,1,8,17,19-20H2,2-6H3/p+1/t23?,25-,29+,31-,35?,37-/m1/s1. The number of hydrogen-bond donors (Lipinski definition) is 3. The number of pyridine rings is 1. The molecule has 2 aromatic carbocycles. The van der Waals surface area contributed by atoms with Crippen LogP contribution in [0.2, 0.25) is 0 Å². The molecule has 1 aromatic heterocycles. The Labute approximate surface area is 285 Å². The molecule has 1 saturated carbocycles. The van der Waals surface area contributed by atoms with E-state index in [2.05, 4.69) is 22.8 Å². The number of carbonyl (C=O) groups is 3. The van der Waals surface area contributed by atoms with Crippen LogP contribution in [0.4, 0.5) is 0 Å². The highest BCUT2D eigenvalue weighted by Gasteiger charge is 2.64. The number of nitrogens with zero attached hydrogens (tertiary/aromatic N) is 3. The van der Waals surface area contributed by atoms with E-state index >= 15 is 0 Å². The Bertz CT molecular complexity index is 1800. The molecule has 2 unspecified atom stereocenters. The van der Waals surface area contributed by atoms with Gasteiger partial charge in [-0.1, -0.05) is 57.2 Å². The average molecular weight is 672 g/mol. The number of aliphatic hydroxyl groups is 1. The van der Waals surface area contributed by atoms with Crippen molar-refractivity contribution < 1.29 is 38.8 Å². The van der Waals surface area contributed by atoms with Crippen LogP contribution in [0.1, 0.15) is 40.5 Å². The number of rotatable bonds is 12. The number of hydrogen-bond acceptors (Lipinski definition) is 9. The summed E-state index contributed by atoms with van der Waals surface area (Å²) >= 11 is 0. The van der Waals surface area contributed by atoms with Gasteiger partial charge in [0.05, 0.1) is 30.9 Å². The molecule has 1 aliphatic carbocycles. The first kappa shape index (κ1) is 35.5. The minimum Gasteiger partial charge on any atom is -0.497 e. The Morgan fingerprint density at radius 1 is 1.20 bits per heavy atom. The zero-order valence-corrected chi connectivity index (χ0v) is 28.4. The molecule has 6 atom stereocenters. The van der Waals surface area contributed by atoms with E-state index in [1.54, 1.807) is 20.1 Å². The normalized spacial score (nSPS) is 22.8. The van der Waals surface area contributed by atoms with Gasteiger partial charge in [0.2, 0.25) is 17.7 Å². The van der Waals surface area contributed by atoms with Crippen LogP contribution in [0.5, 0.6) is 11.5 Å². The maximum atomic E-state index is 14.3. The second kappa shape index (κ2) is 14.3. The van der Waals surface area contributed by atoms with Gasteiger partial charge in [0.1, 0.15) is 17.6 Å². The molecule has 2 fully saturated rings. The molecule has 5 rings (SSSR count). The topological polar surface area (TPSA) is 152 Å². The largest absolute Gasteiger partial charge is 0.537 e. The van der Waals surface area contributed by atoms with Crippen molar-refractivity contribution >= 4 is 28.7 Å². The van der Waals surface area contributed by atoms with Crippen molar-refractivity contribution in [3.63, 3.8) is 0 Å². The summed E-state index contributed by atoms with van der Waals surface area (Å²) in [7, 11) is 1.58. The number of ether oxygens (including phenoxy) is 3. The number of likely N-dealkylation sites (tertiary alicyclic amines) is 1. The minimum atomic E-state index is -1.43. The third kappa shape index (κ3) is 7.59. The molecular weight excluding hydrogens is 628 g/mol. The summed E-state index contributed by atoms with van der Waals surface area (Å²) in [4.78, 5) is 50.3. The van der Waals surface area contributed by atoms with Gasteiger partial charge in [0.15, 0.2) is 6.04 Å². The van der Waals surface area contributed by atoms with Gasteiger partial charge in [-0.3, -0.25) is 14.9 Å². The van der Waals surface area contributed by atoms with Gasteiger partial charge >= 0.3 is 17.9 Å². The number of nitrogens with one attached hydrogen (secondary N) is 1. The lowest BCUT2D eigenvalue weighted by Gasteiger charge is -2.35. The average Bonchev–Trinajstić information content (AvgIpc) is 3.67. The lowest BCUT2D eigenvalue weighted by atomic mass is 9.85. The molecular formula is C37H43N4O8+. The number of amides is 2. The van der Waals surface area contributed by atoms with Gasteiger partial charge in [-0.2, -0.15) is 4.79 Å². The maximum absolute atomic E-state index is 14.3. The van der Waals surface area contributed by atoms with Crippen molar-refractivity contribution in [2.75, 3.05) is 20.3 Å². The van der Waals surface area contributed by atoms with Gasteiger partial charge < -0.3 is 29.3 Å². The summed E-state index contributed by atoms with van der Waals surface area (Å²) in [6.45, 7) is 11.1. The van der Waals surface area contributed by atoms with Crippen molar-refractivity contribution in [3.8, 4) is 28.8 Å². The number of methoxy groups -OCH3 is 1. The molecule has 1 aliphatic heterocycles. The van der Waals surface area contributed by atoms with Crippen LogP contribution in [0.15, 0.2) is 67.3 Å². The van der Waals surface area contributed by atoms with Gasteiger partial charge in [0, 0.05) is 46.9 Å². The van der Waals surface area contributed by atoms with Crippen LogP contribution < -0.4 is 14.8 Å². The quantitative estimate of drug-likeness (QED) is 0.182. The number of carbonyl (C=O) groups excluding carboxylic acids is 2. The van der Waals surface area contributed by atoms with Crippen LogP contribution in [0.25, 0.3) is 27.0 Å². The number of carboxylic acid groups (broad SMARTS) is 1. The lowest BCUT2D eigenvalue weighted by molar-refractivity contribution is -0.153. The van der Waals surface area contributed by atoms with Crippen LogP contribution in [0.3, 0.4) is 0 Å². The monoisotopic (exact) mass is 671 g/mol. The Balaban J connectivity index is 1.52. The number of fused-ring (bicyclic) bond motifs is 1. The highest BCUT2D eigenvalue weighted by atomic mass is 16.6. The Morgan fingerprint density at radius 2 is 1.94 bits per heavy atom. The third-order valence-electron chi connectivity index (χ3n) is 8.97. The number of carboxylic acids is 1. The first-order valence-electron chi connectivity index (χ1n) is 16.3. The zero-order valence-electron chi connectivity index (χ0n) is 28.4. The predicted molar refractivity (Wildman–Crippen MR) is 183 cm³/mol. The van der Waals surface area contributed by atoms with E-state index in [9.17, 15) is 24.6 Å². The number of allylic oxidation sites excluding steroid dienone is 1. The molecule has 12 nitrogen and oxygen atoms in total. The van der Waals surface area contributed by atoms with E-state index in [-0.39, 0.29) is 26.0 Å². The summed E-state index contributed by atoms with van der Waals surface area (Å²) in [6.07, 6.45) is -0.260. The molecule has 0 spiro atoms. The fourth-order valence-electron chi connectivity index (χ4n) is 6.13. The van der Waals surface area contributed by atoms with Crippen LogP contribution in [-0.2, 0) is 19.1 Å². The van der Waals surface area contributed by atoms with E-state index in [0.29, 0.717) is 28.1 Å². The first-order valence-corrected chi connectivity index (χ1v) is 16.3. The highest BCUT2D eigenvalue weighted by Crippen LogP contribution is 2.53. The molecule has 258 valence electrons. The van der Waals surface area contributed by atoms with Crippen LogP contribution in [0, 0.1) is 22.8 Å². The van der Waals surface area contributed by atoms with Crippen molar-refractivity contribution in [2.45, 2.75) is 65.1 Å². The first-order chi connectivity index (χ1) is 23.3. The zero-order chi connectivity index (χ0) is 35.5. The van der Waals surface area contributed by atoms with Crippen molar-refractivity contribution in [2.24, 2.45) is 16.7 Å². The smallest absolute Gasteiger partial charge is 0.497 e. The lowest BCUT2D eigenvalue weighted by Crippen LogP contribution is -2.58. The number of aliphatic carboxylic acids is 1. The van der Waals surface area contributed by atoms with Gasteiger partial charge in [-0.15, -0.1) is 6.58 Å². The summed E-state index contributed by atoms with van der Waals surface area (Å²) in [5, 5.41) is 23.8. The number of aromatic nitrogens is 1. The number of aliphatic hydroxyl groups excluding tert-OH is 1. The minimum absolute atomic E-state index is 0.0176. The fourth-order valence-corrected chi connectivity index (χ4v) is 6.13. The molecule has 3 N–H and O–H groups in total. The SMILES string of the molecule is C=CC1C[C@]1(C#[N+]C(=O)[C@@H]1C[C@@H](Oc2cc(-c3ccccc3)nc3cc(OC)ccc23)CN1C(=O)[C@@H](NC(O)OCC)C(C)(C)C)C(=O)O. The molecule has 2 amide bonds. The van der Waals surface area contributed by atoms with Crippen molar-refractivity contribution in [1.82, 2.24) is 15.2 Å². The fraction of sp³-hybridized carbons (Fsp3) is 0.432. The van der Waals surface area contributed by atoms with Crippen LogP contribution >= 0.6 is 0 Å². The van der Waals surface area contributed by atoms with Gasteiger partial charge in [-0.25, -0.2) is 4.98 Å². The molecule has 0 bridgehead atoms. The maximum Gasteiger partial charge on any atom is 0.537 e. The van der Waals surface area contributed by atoms with E-state index in [4.69, 9.17) is 19.2 Å².